The van der Waals surface area contributed by atoms with Gasteiger partial charge in [0, 0.05) is 19.3 Å². The SMILES string of the molecule is CCCCCC(=O)OCC(CCCCCC(=O)O)(COC(=O)CCCCC)C(=O)O. The van der Waals surface area contributed by atoms with Gasteiger partial charge in [-0.3, -0.25) is 19.2 Å². The Bertz CT molecular complexity index is 503. The number of carbonyl (C=O) groups excluding carboxylic acids is 2. The zero-order valence-corrected chi connectivity index (χ0v) is 18.5. The van der Waals surface area contributed by atoms with Crippen LogP contribution < -0.4 is 0 Å². The Hall–Kier alpha value is -2.12. The number of carbonyl (C=O) groups is 4. The van der Waals surface area contributed by atoms with Gasteiger partial charge in [-0.15, -0.1) is 0 Å². The summed E-state index contributed by atoms with van der Waals surface area (Å²) in [7, 11) is 0. The van der Waals surface area contributed by atoms with Gasteiger partial charge in [-0.25, -0.2) is 0 Å². The third kappa shape index (κ3) is 13.2. The van der Waals surface area contributed by atoms with Gasteiger partial charge in [-0.2, -0.15) is 0 Å². The summed E-state index contributed by atoms with van der Waals surface area (Å²) in [5.41, 5.74) is -1.52. The lowest BCUT2D eigenvalue weighted by atomic mass is 9.84. The van der Waals surface area contributed by atoms with Crippen LogP contribution in [-0.4, -0.2) is 47.3 Å². The maximum Gasteiger partial charge on any atom is 0.316 e. The molecular weight excluding hydrogens is 392 g/mol. The molecule has 0 heterocycles. The summed E-state index contributed by atoms with van der Waals surface area (Å²) in [6.45, 7) is 3.29. The van der Waals surface area contributed by atoms with E-state index < -0.39 is 29.3 Å². The Balaban J connectivity index is 4.92. The predicted molar refractivity (Wildman–Crippen MR) is 111 cm³/mol. The van der Waals surface area contributed by atoms with E-state index in [0.29, 0.717) is 32.1 Å². The summed E-state index contributed by atoms with van der Waals surface area (Å²) >= 11 is 0. The number of unbranched alkanes of at least 4 members (excludes halogenated alkanes) is 6. The first kappa shape index (κ1) is 27.9. The summed E-state index contributed by atoms with van der Waals surface area (Å²) in [6.07, 6.45) is 7.01. The molecule has 0 bridgehead atoms. The van der Waals surface area contributed by atoms with Gasteiger partial charge in [0.15, 0.2) is 0 Å². The highest BCUT2D eigenvalue weighted by Gasteiger charge is 2.41. The quantitative estimate of drug-likeness (QED) is 0.229. The summed E-state index contributed by atoms with van der Waals surface area (Å²) in [4.78, 5) is 46.6. The van der Waals surface area contributed by atoms with Gasteiger partial charge in [-0.1, -0.05) is 52.4 Å². The minimum absolute atomic E-state index is 0.0128. The average Bonchev–Trinajstić information content (AvgIpc) is 2.69. The van der Waals surface area contributed by atoms with Crippen molar-refractivity contribution >= 4 is 23.9 Å². The van der Waals surface area contributed by atoms with Gasteiger partial charge >= 0.3 is 23.9 Å². The van der Waals surface area contributed by atoms with Crippen molar-refractivity contribution in [1.29, 1.82) is 0 Å². The van der Waals surface area contributed by atoms with Crippen molar-refractivity contribution in [2.75, 3.05) is 13.2 Å². The Morgan fingerprint density at radius 2 is 1.13 bits per heavy atom. The molecule has 0 rings (SSSR count). The number of rotatable bonds is 19. The minimum atomic E-state index is -1.52. The molecule has 0 saturated heterocycles. The highest BCUT2D eigenvalue weighted by Crippen LogP contribution is 2.28. The molecule has 0 fully saturated rings. The summed E-state index contributed by atoms with van der Waals surface area (Å²) in [6, 6.07) is 0. The lowest BCUT2D eigenvalue weighted by Crippen LogP contribution is -2.41. The number of esters is 2. The first-order valence-electron chi connectivity index (χ1n) is 11.0. The average molecular weight is 431 g/mol. The number of carboxylic acids is 2. The number of aliphatic carboxylic acids is 2. The highest BCUT2D eigenvalue weighted by molar-refractivity contribution is 5.77. The van der Waals surface area contributed by atoms with E-state index in [4.69, 9.17) is 14.6 Å². The topological polar surface area (TPSA) is 127 Å². The zero-order chi connectivity index (χ0) is 22.8. The van der Waals surface area contributed by atoms with Crippen molar-refractivity contribution in [3.8, 4) is 0 Å². The van der Waals surface area contributed by atoms with Gasteiger partial charge in [-0.05, 0) is 25.7 Å². The summed E-state index contributed by atoms with van der Waals surface area (Å²) in [5.74, 6) is -3.02. The van der Waals surface area contributed by atoms with Crippen LogP contribution in [0.4, 0.5) is 0 Å². The third-order valence-electron chi connectivity index (χ3n) is 4.99. The zero-order valence-electron chi connectivity index (χ0n) is 18.5. The number of hydrogen-bond donors (Lipinski definition) is 2. The second kappa shape index (κ2) is 16.7. The van der Waals surface area contributed by atoms with Crippen molar-refractivity contribution in [2.45, 2.75) is 97.3 Å². The van der Waals surface area contributed by atoms with Crippen LogP contribution in [0.25, 0.3) is 0 Å². The maximum absolute atomic E-state index is 12.1. The van der Waals surface area contributed by atoms with E-state index in [-0.39, 0.29) is 38.9 Å². The van der Waals surface area contributed by atoms with Crippen molar-refractivity contribution in [3.05, 3.63) is 0 Å². The number of hydrogen-bond acceptors (Lipinski definition) is 6. The molecule has 0 aromatic carbocycles. The Morgan fingerprint density at radius 3 is 1.53 bits per heavy atom. The van der Waals surface area contributed by atoms with E-state index in [1.807, 2.05) is 13.8 Å². The van der Waals surface area contributed by atoms with Crippen LogP contribution in [0.2, 0.25) is 0 Å². The van der Waals surface area contributed by atoms with Gasteiger partial charge in [0.2, 0.25) is 0 Å². The first-order valence-corrected chi connectivity index (χ1v) is 11.0. The Kier molecular flexibility index (Phi) is 15.5. The van der Waals surface area contributed by atoms with E-state index in [0.717, 1.165) is 25.7 Å². The molecule has 8 heteroatoms. The Morgan fingerprint density at radius 1 is 0.667 bits per heavy atom. The molecule has 0 spiro atoms. The highest BCUT2D eigenvalue weighted by atomic mass is 16.6. The van der Waals surface area contributed by atoms with Crippen LogP contribution >= 0.6 is 0 Å². The molecule has 0 aliphatic carbocycles. The molecular formula is C22H38O8. The van der Waals surface area contributed by atoms with Crippen LogP contribution in [0, 0.1) is 5.41 Å². The molecule has 0 aliphatic heterocycles. The second-order valence-electron chi connectivity index (χ2n) is 7.78. The van der Waals surface area contributed by atoms with Gasteiger partial charge in [0.1, 0.15) is 18.6 Å². The van der Waals surface area contributed by atoms with Crippen molar-refractivity contribution in [1.82, 2.24) is 0 Å². The molecule has 2 N–H and O–H groups in total. The van der Waals surface area contributed by atoms with E-state index in [2.05, 4.69) is 0 Å². The fraction of sp³-hybridized carbons (Fsp3) is 0.818. The molecule has 0 atom stereocenters. The third-order valence-corrected chi connectivity index (χ3v) is 4.99. The van der Waals surface area contributed by atoms with E-state index >= 15 is 0 Å². The predicted octanol–water partition coefficient (Wildman–Crippen LogP) is 4.34. The minimum Gasteiger partial charge on any atom is -0.481 e. The molecule has 174 valence electrons. The van der Waals surface area contributed by atoms with Crippen molar-refractivity contribution < 1.29 is 38.9 Å². The summed E-state index contributed by atoms with van der Waals surface area (Å²) in [5, 5.41) is 18.6. The molecule has 0 amide bonds. The Labute approximate surface area is 179 Å². The fourth-order valence-electron chi connectivity index (χ4n) is 2.95. The normalized spacial score (nSPS) is 11.1. The smallest absolute Gasteiger partial charge is 0.316 e. The molecule has 0 unspecified atom stereocenters. The molecule has 0 radical (unpaired) electrons. The van der Waals surface area contributed by atoms with Gasteiger partial charge in [0.05, 0.1) is 0 Å². The number of ether oxygens (including phenoxy) is 2. The summed E-state index contributed by atoms with van der Waals surface area (Å²) < 4.78 is 10.5. The monoisotopic (exact) mass is 430 g/mol. The molecule has 0 aromatic heterocycles. The van der Waals surface area contributed by atoms with Crippen LogP contribution in [0.5, 0.6) is 0 Å². The largest absolute Gasteiger partial charge is 0.481 e. The number of carboxylic acid groups (broad SMARTS) is 2. The lowest BCUT2D eigenvalue weighted by Gasteiger charge is -2.28. The molecule has 0 aromatic rings. The van der Waals surface area contributed by atoms with Crippen LogP contribution in [0.1, 0.15) is 97.3 Å². The molecule has 0 saturated carbocycles. The molecule has 8 nitrogen and oxygen atoms in total. The van der Waals surface area contributed by atoms with Crippen LogP contribution in [0.15, 0.2) is 0 Å². The second-order valence-corrected chi connectivity index (χ2v) is 7.78. The first-order chi connectivity index (χ1) is 14.3. The van der Waals surface area contributed by atoms with Gasteiger partial charge < -0.3 is 19.7 Å². The van der Waals surface area contributed by atoms with E-state index in [9.17, 15) is 24.3 Å². The van der Waals surface area contributed by atoms with Crippen molar-refractivity contribution in [3.63, 3.8) is 0 Å². The fourth-order valence-corrected chi connectivity index (χ4v) is 2.95. The standard InChI is InChI=1S/C22H38O8/c1-3-5-8-13-19(25)29-16-22(21(27)28,15-11-7-10-12-18(23)24)17-30-20(26)14-9-6-4-2/h3-17H2,1-2H3,(H,23,24)(H,27,28). The van der Waals surface area contributed by atoms with Crippen LogP contribution in [0.3, 0.4) is 0 Å². The lowest BCUT2D eigenvalue weighted by molar-refractivity contribution is -0.168. The van der Waals surface area contributed by atoms with Crippen LogP contribution in [-0.2, 0) is 28.7 Å². The maximum atomic E-state index is 12.1. The van der Waals surface area contributed by atoms with E-state index in [1.54, 1.807) is 0 Å². The molecule has 0 aliphatic rings. The van der Waals surface area contributed by atoms with E-state index in [1.165, 1.54) is 0 Å². The molecule has 30 heavy (non-hydrogen) atoms. The van der Waals surface area contributed by atoms with Crippen molar-refractivity contribution in [2.24, 2.45) is 5.41 Å². The van der Waals surface area contributed by atoms with Gasteiger partial charge in [0.25, 0.3) is 0 Å².